The van der Waals surface area contributed by atoms with E-state index in [9.17, 15) is 5.26 Å². The number of nitrogens with zero attached hydrogens (tertiary/aromatic N) is 2. The quantitative estimate of drug-likeness (QED) is 0.903. The first-order valence-corrected chi connectivity index (χ1v) is 7.89. The Morgan fingerprint density at radius 2 is 2.05 bits per heavy atom. The van der Waals surface area contributed by atoms with Gasteiger partial charge in [0.25, 0.3) is 0 Å². The Hall–Kier alpha value is -1.37. The molecule has 0 aromatic heterocycles. The zero-order chi connectivity index (χ0) is 15.3. The van der Waals surface area contributed by atoms with Crippen molar-refractivity contribution in [1.82, 2.24) is 10.2 Å². The molecule has 0 radical (unpaired) electrons. The van der Waals surface area contributed by atoms with Crippen LogP contribution in [-0.4, -0.2) is 31.6 Å². The lowest BCUT2D eigenvalue weighted by Gasteiger charge is -2.39. The monoisotopic (exact) mass is 285 g/mol. The summed E-state index contributed by atoms with van der Waals surface area (Å²) in [4.78, 5) is 2.51. The number of likely N-dealkylation sites (tertiary alicyclic amines) is 1. The molecule has 3 heteroatoms. The summed E-state index contributed by atoms with van der Waals surface area (Å²) in [5.41, 5.74) is 0.884. The summed E-state index contributed by atoms with van der Waals surface area (Å²) in [5, 5.41) is 13.0. The largest absolute Gasteiger partial charge is 0.303 e. The average molecular weight is 285 g/mol. The van der Waals surface area contributed by atoms with Crippen molar-refractivity contribution >= 4 is 0 Å². The molecule has 1 unspecified atom stereocenters. The van der Waals surface area contributed by atoms with Crippen molar-refractivity contribution in [3.05, 3.63) is 35.9 Å². The maximum absolute atomic E-state index is 9.73. The first-order valence-electron chi connectivity index (χ1n) is 7.89. The fourth-order valence-electron chi connectivity index (χ4n) is 3.37. The second-order valence-electron chi connectivity index (χ2n) is 6.93. The van der Waals surface area contributed by atoms with Crippen LogP contribution >= 0.6 is 0 Å². The summed E-state index contributed by atoms with van der Waals surface area (Å²) in [6, 6.07) is 12.6. The molecule has 3 nitrogen and oxygen atoms in total. The molecule has 1 aliphatic rings. The molecule has 0 bridgehead atoms. The standard InChI is InChI=1S/C18H27N3/c1-17(2)10-7-12-21(15-17)13-11-18(14-19,20-3)16-8-5-4-6-9-16/h4-6,8-9,20H,7,10-13,15H2,1-3H3. The highest BCUT2D eigenvalue weighted by Crippen LogP contribution is 2.30. The van der Waals surface area contributed by atoms with E-state index in [0.717, 1.165) is 31.6 Å². The molecular weight excluding hydrogens is 258 g/mol. The van der Waals surface area contributed by atoms with Crippen molar-refractivity contribution in [3.8, 4) is 6.07 Å². The molecule has 2 rings (SSSR count). The van der Waals surface area contributed by atoms with Gasteiger partial charge in [-0.1, -0.05) is 44.2 Å². The lowest BCUT2D eigenvalue weighted by molar-refractivity contribution is 0.110. The van der Waals surface area contributed by atoms with Gasteiger partial charge in [-0.15, -0.1) is 0 Å². The van der Waals surface area contributed by atoms with Crippen molar-refractivity contribution in [1.29, 1.82) is 5.26 Å². The van der Waals surface area contributed by atoms with Crippen molar-refractivity contribution < 1.29 is 0 Å². The summed E-state index contributed by atoms with van der Waals surface area (Å²) in [5.74, 6) is 0. The minimum atomic E-state index is -0.581. The molecule has 1 N–H and O–H groups in total. The van der Waals surface area contributed by atoms with Gasteiger partial charge in [-0.2, -0.15) is 5.26 Å². The second-order valence-corrected chi connectivity index (χ2v) is 6.93. The van der Waals surface area contributed by atoms with Gasteiger partial charge < -0.3 is 4.90 Å². The highest BCUT2D eigenvalue weighted by Gasteiger charge is 2.32. The van der Waals surface area contributed by atoms with Crippen molar-refractivity contribution in [2.75, 3.05) is 26.7 Å². The summed E-state index contributed by atoms with van der Waals surface area (Å²) < 4.78 is 0. The summed E-state index contributed by atoms with van der Waals surface area (Å²) in [7, 11) is 1.89. The highest BCUT2D eigenvalue weighted by atomic mass is 15.1. The first kappa shape index (κ1) is 16.0. The van der Waals surface area contributed by atoms with E-state index in [0.29, 0.717) is 5.41 Å². The van der Waals surface area contributed by atoms with E-state index in [4.69, 9.17) is 0 Å². The van der Waals surface area contributed by atoms with Crippen molar-refractivity contribution in [3.63, 3.8) is 0 Å². The Morgan fingerprint density at radius 3 is 2.62 bits per heavy atom. The van der Waals surface area contributed by atoms with Gasteiger partial charge in [-0.25, -0.2) is 0 Å². The van der Waals surface area contributed by atoms with Gasteiger partial charge in [-0.3, -0.25) is 5.32 Å². The lowest BCUT2D eigenvalue weighted by atomic mass is 9.83. The Balaban J connectivity index is 2.06. The van der Waals surface area contributed by atoms with Crippen LogP contribution in [0, 0.1) is 16.7 Å². The number of nitrogens with one attached hydrogen (secondary N) is 1. The number of piperidine rings is 1. The molecular formula is C18H27N3. The Kier molecular flexibility index (Phi) is 5.03. The van der Waals surface area contributed by atoms with E-state index < -0.39 is 5.54 Å². The minimum absolute atomic E-state index is 0.403. The third-order valence-electron chi connectivity index (χ3n) is 4.67. The van der Waals surface area contributed by atoms with Crippen LogP contribution < -0.4 is 5.32 Å². The molecule has 1 atom stereocenters. The third kappa shape index (κ3) is 3.84. The van der Waals surface area contributed by atoms with Crippen LogP contribution in [0.5, 0.6) is 0 Å². The van der Waals surface area contributed by atoms with Crippen LogP contribution in [-0.2, 0) is 5.54 Å². The second kappa shape index (κ2) is 6.60. The lowest BCUT2D eigenvalue weighted by Crippen LogP contribution is -2.45. The topological polar surface area (TPSA) is 39.1 Å². The molecule has 114 valence electrons. The Labute approximate surface area is 129 Å². The van der Waals surface area contributed by atoms with Gasteiger partial charge in [0.15, 0.2) is 0 Å². The van der Waals surface area contributed by atoms with Crippen LogP contribution in [0.1, 0.15) is 38.7 Å². The number of hydrogen-bond donors (Lipinski definition) is 1. The molecule has 1 fully saturated rings. The third-order valence-corrected chi connectivity index (χ3v) is 4.67. The number of nitriles is 1. The number of benzene rings is 1. The van der Waals surface area contributed by atoms with Gasteiger partial charge in [0, 0.05) is 13.1 Å². The average Bonchev–Trinajstić information content (AvgIpc) is 2.49. The molecule has 1 aromatic rings. The predicted molar refractivity (Wildman–Crippen MR) is 86.9 cm³/mol. The summed E-state index contributed by atoms with van der Waals surface area (Å²) in [6.45, 7) is 7.93. The molecule has 21 heavy (non-hydrogen) atoms. The van der Waals surface area contributed by atoms with Gasteiger partial charge in [0.1, 0.15) is 5.54 Å². The molecule has 0 aliphatic carbocycles. The first-order chi connectivity index (χ1) is 10.0. The van der Waals surface area contributed by atoms with Crippen molar-refractivity contribution in [2.45, 2.75) is 38.6 Å². The molecule has 1 heterocycles. The predicted octanol–water partition coefficient (Wildman–Crippen LogP) is 3.14. The van der Waals surface area contributed by atoms with Crippen LogP contribution in [0.15, 0.2) is 30.3 Å². The molecule has 0 saturated carbocycles. The van der Waals surface area contributed by atoms with Crippen LogP contribution in [0.4, 0.5) is 0 Å². The molecule has 0 amide bonds. The van der Waals surface area contributed by atoms with Crippen LogP contribution in [0.3, 0.4) is 0 Å². The van der Waals surface area contributed by atoms with Gasteiger partial charge in [-0.05, 0) is 43.8 Å². The number of hydrogen-bond acceptors (Lipinski definition) is 3. The van der Waals surface area contributed by atoms with E-state index in [1.165, 1.54) is 12.8 Å². The highest BCUT2D eigenvalue weighted by molar-refractivity contribution is 5.31. The number of rotatable bonds is 5. The molecule has 1 saturated heterocycles. The molecule has 1 aromatic carbocycles. The fourth-order valence-corrected chi connectivity index (χ4v) is 3.37. The zero-order valence-electron chi connectivity index (χ0n) is 13.5. The zero-order valence-corrected chi connectivity index (χ0v) is 13.5. The maximum Gasteiger partial charge on any atom is 0.133 e. The van der Waals surface area contributed by atoms with E-state index in [1.54, 1.807) is 0 Å². The van der Waals surface area contributed by atoms with Gasteiger partial charge in [0.2, 0.25) is 0 Å². The van der Waals surface area contributed by atoms with E-state index in [-0.39, 0.29) is 0 Å². The van der Waals surface area contributed by atoms with E-state index >= 15 is 0 Å². The van der Waals surface area contributed by atoms with Gasteiger partial charge in [0.05, 0.1) is 6.07 Å². The Bertz CT molecular complexity index is 489. The molecule has 1 aliphatic heterocycles. The fraction of sp³-hybridized carbons (Fsp3) is 0.611. The summed E-state index contributed by atoms with van der Waals surface area (Å²) in [6.07, 6.45) is 3.38. The summed E-state index contributed by atoms with van der Waals surface area (Å²) >= 11 is 0. The van der Waals surface area contributed by atoms with Gasteiger partial charge >= 0.3 is 0 Å². The SMILES string of the molecule is CNC(C#N)(CCN1CCCC(C)(C)C1)c1ccccc1. The smallest absolute Gasteiger partial charge is 0.133 e. The van der Waals surface area contributed by atoms with Crippen molar-refractivity contribution in [2.24, 2.45) is 5.41 Å². The Morgan fingerprint density at radius 1 is 1.33 bits per heavy atom. The molecule has 0 spiro atoms. The van der Waals surface area contributed by atoms with E-state index in [2.05, 4.69) is 30.1 Å². The normalized spacial score (nSPS) is 21.4. The van der Waals surface area contributed by atoms with E-state index in [1.807, 2.05) is 37.4 Å². The van der Waals surface area contributed by atoms with Crippen LogP contribution in [0.25, 0.3) is 0 Å². The maximum atomic E-state index is 9.73. The van der Waals surface area contributed by atoms with Crippen LogP contribution in [0.2, 0.25) is 0 Å². The minimum Gasteiger partial charge on any atom is -0.303 e.